The maximum absolute atomic E-state index is 5.90. The summed E-state index contributed by atoms with van der Waals surface area (Å²) in [5.74, 6) is 1.30. The Kier molecular flexibility index (Phi) is 5.43. The van der Waals surface area contributed by atoms with Crippen molar-refractivity contribution in [2.45, 2.75) is 13.1 Å². The molecule has 2 aromatic carbocycles. The van der Waals surface area contributed by atoms with E-state index in [1.807, 2.05) is 24.3 Å². The molecule has 0 saturated carbocycles. The fourth-order valence-corrected chi connectivity index (χ4v) is 3.93. The molecule has 0 bridgehead atoms. The fourth-order valence-electron chi connectivity index (χ4n) is 3.48. The second-order valence-electron chi connectivity index (χ2n) is 6.82. The van der Waals surface area contributed by atoms with Gasteiger partial charge in [-0.3, -0.25) is 0 Å². The quantitative estimate of drug-likeness (QED) is 0.654. The molecule has 2 heterocycles. The molecule has 1 saturated heterocycles. The first-order chi connectivity index (χ1) is 12.8. The lowest BCUT2D eigenvalue weighted by Gasteiger charge is -2.28. The summed E-state index contributed by atoms with van der Waals surface area (Å²) in [6, 6.07) is 18.7. The Morgan fingerprint density at radius 1 is 0.808 bits per heavy atom. The van der Waals surface area contributed by atoms with Gasteiger partial charge in [0, 0.05) is 10.0 Å². The highest BCUT2D eigenvalue weighted by atomic mass is 79.9. The topological polar surface area (TPSA) is 47.8 Å². The van der Waals surface area contributed by atoms with Crippen molar-refractivity contribution in [1.82, 2.24) is 10.2 Å². The SMILES string of the molecule is Brc1ccccc1-c1nnc(C[NH+]2CC[NH+](Cc3ccccc3)CC2)o1. The summed E-state index contributed by atoms with van der Waals surface area (Å²) >= 11 is 3.54. The van der Waals surface area contributed by atoms with Crippen molar-refractivity contribution in [3.63, 3.8) is 0 Å². The van der Waals surface area contributed by atoms with Gasteiger partial charge in [-0.1, -0.05) is 42.5 Å². The monoisotopic (exact) mass is 414 g/mol. The maximum atomic E-state index is 5.90. The van der Waals surface area contributed by atoms with Crippen LogP contribution in [0.15, 0.2) is 63.5 Å². The van der Waals surface area contributed by atoms with Crippen molar-refractivity contribution in [1.29, 1.82) is 0 Å². The number of nitrogens with zero attached hydrogens (tertiary/aromatic N) is 2. The molecule has 4 rings (SSSR count). The molecule has 5 nitrogen and oxygen atoms in total. The minimum atomic E-state index is 0.584. The molecule has 26 heavy (non-hydrogen) atoms. The van der Waals surface area contributed by atoms with E-state index < -0.39 is 0 Å². The first-order valence-corrected chi connectivity index (χ1v) is 9.85. The third-order valence-electron chi connectivity index (χ3n) is 4.93. The summed E-state index contributed by atoms with van der Waals surface area (Å²) in [6.45, 7) is 6.53. The number of halogens is 1. The van der Waals surface area contributed by atoms with Gasteiger partial charge in [-0.15, -0.1) is 10.2 Å². The Balaban J connectivity index is 1.32. The van der Waals surface area contributed by atoms with Gasteiger partial charge in [0.1, 0.15) is 32.7 Å². The maximum Gasteiger partial charge on any atom is 0.271 e. The smallest absolute Gasteiger partial charge is 0.271 e. The molecule has 3 aromatic rings. The number of hydrogen-bond donors (Lipinski definition) is 2. The van der Waals surface area contributed by atoms with E-state index in [1.54, 1.807) is 4.90 Å². The minimum Gasteiger partial charge on any atom is -0.415 e. The lowest BCUT2D eigenvalue weighted by Crippen LogP contribution is -3.27. The molecule has 0 atom stereocenters. The van der Waals surface area contributed by atoms with Crippen LogP contribution < -0.4 is 9.80 Å². The molecular weight excluding hydrogens is 392 g/mol. The second kappa shape index (κ2) is 8.12. The van der Waals surface area contributed by atoms with Gasteiger partial charge in [-0.05, 0) is 28.1 Å². The van der Waals surface area contributed by atoms with Crippen LogP contribution in [0.25, 0.3) is 11.5 Å². The summed E-state index contributed by atoms with van der Waals surface area (Å²) in [5.41, 5.74) is 2.36. The van der Waals surface area contributed by atoms with Gasteiger partial charge >= 0.3 is 0 Å². The Morgan fingerprint density at radius 3 is 2.19 bits per heavy atom. The molecule has 1 fully saturated rings. The van der Waals surface area contributed by atoms with Crippen LogP contribution in [0.2, 0.25) is 0 Å². The van der Waals surface area contributed by atoms with Crippen molar-refractivity contribution < 1.29 is 14.2 Å². The van der Waals surface area contributed by atoms with E-state index in [1.165, 1.54) is 23.6 Å². The van der Waals surface area contributed by atoms with E-state index in [2.05, 4.69) is 56.5 Å². The molecule has 1 aliphatic rings. The van der Waals surface area contributed by atoms with Crippen molar-refractivity contribution >= 4 is 15.9 Å². The van der Waals surface area contributed by atoms with Crippen LogP contribution in [0.1, 0.15) is 11.5 Å². The zero-order chi connectivity index (χ0) is 17.8. The molecule has 0 unspecified atom stereocenters. The number of benzene rings is 2. The third-order valence-corrected chi connectivity index (χ3v) is 5.63. The number of nitrogens with one attached hydrogen (secondary N) is 2. The molecule has 1 aliphatic heterocycles. The van der Waals surface area contributed by atoms with Crippen molar-refractivity contribution in [3.8, 4) is 11.5 Å². The van der Waals surface area contributed by atoms with Crippen molar-refractivity contribution in [3.05, 3.63) is 70.5 Å². The normalized spacial score (nSPS) is 20.2. The Labute approximate surface area is 161 Å². The van der Waals surface area contributed by atoms with Gasteiger partial charge in [-0.25, -0.2) is 0 Å². The molecule has 0 spiro atoms. The Bertz CT molecular complexity index is 844. The summed E-state index contributed by atoms with van der Waals surface area (Å²) < 4.78 is 6.87. The lowest BCUT2D eigenvalue weighted by molar-refractivity contribution is -1.02. The summed E-state index contributed by atoms with van der Waals surface area (Å²) in [7, 11) is 0. The predicted molar refractivity (Wildman–Crippen MR) is 103 cm³/mol. The Hall–Kier alpha value is -2.02. The molecule has 6 heteroatoms. The number of hydrogen-bond acceptors (Lipinski definition) is 3. The fraction of sp³-hybridized carbons (Fsp3) is 0.300. The largest absolute Gasteiger partial charge is 0.415 e. The van der Waals surface area contributed by atoms with Gasteiger partial charge in [0.05, 0.1) is 5.56 Å². The average molecular weight is 415 g/mol. The van der Waals surface area contributed by atoms with Crippen LogP contribution in [0.4, 0.5) is 0 Å². The van der Waals surface area contributed by atoms with E-state index >= 15 is 0 Å². The van der Waals surface area contributed by atoms with Crippen LogP contribution in [-0.4, -0.2) is 36.4 Å². The molecule has 134 valence electrons. The molecular formula is C20H23BrN4O+2. The van der Waals surface area contributed by atoms with Gasteiger partial charge in [-0.2, -0.15) is 0 Å². The van der Waals surface area contributed by atoms with E-state index in [-0.39, 0.29) is 0 Å². The van der Waals surface area contributed by atoms with Crippen LogP contribution >= 0.6 is 15.9 Å². The third kappa shape index (κ3) is 4.20. The molecule has 0 amide bonds. The predicted octanol–water partition coefficient (Wildman–Crippen LogP) is 0.983. The van der Waals surface area contributed by atoms with Crippen LogP contribution in [0, 0.1) is 0 Å². The summed E-state index contributed by atoms with van der Waals surface area (Å²) in [6.07, 6.45) is 0. The second-order valence-corrected chi connectivity index (χ2v) is 7.67. The van der Waals surface area contributed by atoms with Gasteiger partial charge in [0.2, 0.25) is 5.89 Å². The van der Waals surface area contributed by atoms with Crippen LogP contribution in [0.5, 0.6) is 0 Å². The first-order valence-electron chi connectivity index (χ1n) is 9.06. The van der Waals surface area contributed by atoms with E-state index in [4.69, 9.17) is 4.42 Å². The van der Waals surface area contributed by atoms with Gasteiger partial charge in [0.15, 0.2) is 6.54 Å². The number of quaternary nitrogens is 2. The highest BCUT2D eigenvalue weighted by molar-refractivity contribution is 9.10. The first kappa shape index (κ1) is 17.4. The zero-order valence-electron chi connectivity index (χ0n) is 14.6. The van der Waals surface area contributed by atoms with E-state index in [9.17, 15) is 0 Å². The molecule has 0 radical (unpaired) electrons. The lowest BCUT2D eigenvalue weighted by atomic mass is 10.2. The number of piperazine rings is 1. The summed E-state index contributed by atoms with van der Waals surface area (Å²) in [4.78, 5) is 3.17. The average Bonchev–Trinajstić information content (AvgIpc) is 3.13. The number of rotatable bonds is 5. The standard InChI is InChI=1S/C20H21BrN4O/c21-18-9-5-4-8-17(18)20-23-22-19(26-20)15-25-12-10-24(11-13-25)14-16-6-2-1-3-7-16/h1-9H,10-15H2/p+2. The minimum absolute atomic E-state index is 0.584. The zero-order valence-corrected chi connectivity index (χ0v) is 16.2. The van der Waals surface area contributed by atoms with Crippen molar-refractivity contribution in [2.75, 3.05) is 26.2 Å². The van der Waals surface area contributed by atoms with Gasteiger partial charge < -0.3 is 14.2 Å². The van der Waals surface area contributed by atoms with Crippen LogP contribution in [-0.2, 0) is 13.1 Å². The highest BCUT2D eigenvalue weighted by Gasteiger charge is 2.25. The van der Waals surface area contributed by atoms with E-state index in [0.717, 1.165) is 42.1 Å². The van der Waals surface area contributed by atoms with Gasteiger partial charge in [0.25, 0.3) is 5.89 Å². The number of aromatic nitrogens is 2. The van der Waals surface area contributed by atoms with Crippen molar-refractivity contribution in [2.24, 2.45) is 0 Å². The van der Waals surface area contributed by atoms with Crippen LogP contribution in [0.3, 0.4) is 0 Å². The van der Waals surface area contributed by atoms with E-state index in [0.29, 0.717) is 5.89 Å². The molecule has 0 aliphatic carbocycles. The Morgan fingerprint density at radius 2 is 1.46 bits per heavy atom. The summed E-state index contributed by atoms with van der Waals surface area (Å²) in [5, 5.41) is 8.47. The highest BCUT2D eigenvalue weighted by Crippen LogP contribution is 2.26. The molecule has 1 aromatic heterocycles. The molecule has 2 N–H and O–H groups in total.